The van der Waals surface area contributed by atoms with Gasteiger partial charge in [-0.2, -0.15) is 25.0 Å². The molecular formula is C88H125F6I3N9NaO18S2. The van der Waals surface area contributed by atoms with E-state index in [0.717, 1.165) is 134 Å². The van der Waals surface area contributed by atoms with Gasteiger partial charge in [0.15, 0.2) is 0 Å². The normalized spacial score (nSPS) is 26.1. The molecule has 8 fully saturated rings. The topological polar surface area (TPSA) is 364 Å². The fraction of sp³-hybridized carbons (Fsp3) is 0.614. The van der Waals surface area contributed by atoms with Gasteiger partial charge in [-0.3, -0.25) is 65.2 Å². The molecular weight excluding hydrogens is 2050 g/mol. The van der Waals surface area contributed by atoms with E-state index in [4.69, 9.17) is 45.7 Å². The molecule has 1 aliphatic carbocycles. The molecule has 0 radical (unpaired) electrons. The van der Waals surface area contributed by atoms with Crippen LogP contribution in [0, 0.1) is 49.9 Å². The number of carbonyl (C=O) groups is 4. The minimum Gasteiger partial charge on any atom is -0.870 e. The average Bonchev–Trinajstić information content (AvgIpc) is 1.65. The van der Waals surface area contributed by atoms with Crippen LogP contribution in [-0.2, 0) is 77.6 Å². The number of ether oxygens (including phenoxy) is 4. The van der Waals surface area contributed by atoms with Crippen LogP contribution in [0.1, 0.15) is 169 Å². The Labute approximate surface area is 811 Å². The number of allylic oxidation sites excluding steroid dienone is 6. The molecule has 0 amide bonds. The number of nitrogens with two attached hydrogens (primary N) is 2. The number of rotatable bonds is 29. The first-order valence-corrected chi connectivity index (χ1v) is 51.0. The third-order valence-electron chi connectivity index (χ3n) is 24.6. The van der Waals surface area contributed by atoms with Crippen LogP contribution in [0.5, 0.6) is 0 Å². The summed E-state index contributed by atoms with van der Waals surface area (Å²) in [5, 5.41) is 38.0. The molecule has 3 aromatic rings. The van der Waals surface area contributed by atoms with Crippen molar-refractivity contribution in [1.29, 1.82) is 10.5 Å². The van der Waals surface area contributed by atoms with Gasteiger partial charge in [0, 0.05) is 170 Å². The van der Waals surface area contributed by atoms with E-state index in [1.165, 1.54) is 55.1 Å². The number of methoxy groups -OCH3 is 4. The number of thiol groups is 1. The van der Waals surface area contributed by atoms with Crippen molar-refractivity contribution >= 4 is 108 Å². The predicted octanol–water partition coefficient (Wildman–Crippen LogP) is 13.6. The monoisotopic (exact) mass is 2180 g/mol. The number of esters is 4. The number of alkyl halides is 6. The number of carbonyl (C=O) groups excluding carboxylic acids is 4. The fourth-order valence-electron chi connectivity index (χ4n) is 19.5. The van der Waals surface area contributed by atoms with Gasteiger partial charge in [-0.25, -0.2) is 15.3 Å². The van der Waals surface area contributed by atoms with Gasteiger partial charge in [0.1, 0.15) is 0 Å². The Morgan fingerprint density at radius 2 is 0.874 bits per heavy atom. The van der Waals surface area contributed by atoms with E-state index in [1.807, 2.05) is 78.9 Å². The largest absolute Gasteiger partial charge is 1.00 e. The van der Waals surface area contributed by atoms with Gasteiger partial charge >= 0.3 is 64.8 Å². The summed E-state index contributed by atoms with van der Waals surface area (Å²) < 4.78 is 114. The molecule has 3 aromatic carbocycles. The molecule has 8 saturated heterocycles. The number of hydrogen-bond acceptors (Lipinski definition) is 28. The van der Waals surface area contributed by atoms with Crippen LogP contribution in [0.4, 0.5) is 26.3 Å². The van der Waals surface area contributed by atoms with Gasteiger partial charge < -0.3 is 30.2 Å². The minimum absolute atomic E-state index is 0. The zero-order chi connectivity index (χ0) is 91.4. The summed E-state index contributed by atoms with van der Waals surface area (Å²) in [6, 6.07) is 37.0. The Kier molecular flexibility index (Phi) is 62.6. The van der Waals surface area contributed by atoms with Crippen molar-refractivity contribution in [2.24, 2.45) is 35.3 Å². The van der Waals surface area contributed by atoms with Crippen LogP contribution < -0.4 is 41.2 Å². The molecule has 7 N–H and O–H groups in total. The molecule has 127 heavy (non-hydrogen) atoms. The molecule has 14 rings (SSSR count). The van der Waals surface area contributed by atoms with Crippen LogP contribution in [-0.4, -0.2) is 237 Å². The SMILES string of the molecule is COC(=O)C1=CCC2CCC1N2CCCF.COC(=O)[C@@H]1C(c2ccccc2)CC2CCC1N2CCCF.COC(=O)[C@H]1C(c2ccc(I)cc2)CC2CCC1N2CCCF.COC(=O)[C@H]1C(c2ccccc2)CC2CCC1N2CCCF.II.N#CC1=CCC2CCC1N2CCCF.N#CC1C=CC=CC=C1.NCCCF.NOOOS(=O)OOO.OOS.[Na+].[OH-]. The Hall–Kier alpha value is -4.15. The Balaban J connectivity index is 0.000000382. The maximum absolute atomic E-state index is 12.6. The first kappa shape index (κ1) is 117. The molecule has 706 valence electrons. The van der Waals surface area contributed by atoms with Crippen molar-refractivity contribution in [2.45, 2.75) is 213 Å². The summed E-state index contributed by atoms with van der Waals surface area (Å²) >= 11 is 6.96. The standard InChI is InChI=1S/C18H23FINO2.2C18H24FNO2.C12H18FNO2.C11H15FN2.C8H7N.C3H8FN.I2.H3NO7S.Na.H2O2S.H2O/c1-23-18(22)17-15(12-3-5-13(20)6-4-12)11-14-7-8-16(17)21(14)10-2-9-19;2*1-22-18(21)17-15(13-6-3-2-4-7-13)12-14-8-9-16(17)20(14)11-5-10-19;1-16-12(15)10-5-3-9-4-6-11(10)14(9)8-2-7-13;12-6-1-7-14-10-3-2-9(8-13)11(14)5-4-10;9-7-8-5-3-1-2-4-6-8;4-2-1-3-5;1-2;1-4-6-8-9(3)7-5-2;;1-2-3;/h3-6,14-17H,2,7-11H2,1H3;2*2-4,6-7,14-17H,5,8-12H2,1H3;5,9,11H,2-4,6-8H2,1H3;2,10-11H,1,3-7H2;1-6,8H;1-3,5H2;;2H,1H2;;1,3H;1H2/q;;;;;;;;;+1;;/p-1/t3*14?,15?,16?,17-;;;;;;;;;/m010........./s1. The average molecular weight is 2180 g/mol. The van der Waals surface area contributed by atoms with Gasteiger partial charge in [0.05, 0.1) is 110 Å². The minimum atomic E-state index is -2.42. The molecule has 10 heterocycles. The summed E-state index contributed by atoms with van der Waals surface area (Å²) in [7, 11) is 5.82. The third-order valence-corrected chi connectivity index (χ3v) is 25.6. The fourth-order valence-corrected chi connectivity index (χ4v) is 20.0. The van der Waals surface area contributed by atoms with Crippen molar-refractivity contribution in [3.05, 3.63) is 165 Å². The number of fused-ring (bicyclic) bond motifs is 10. The van der Waals surface area contributed by atoms with Crippen molar-refractivity contribution < 1.29 is 142 Å². The second kappa shape index (κ2) is 67.9. The maximum atomic E-state index is 12.6. The summed E-state index contributed by atoms with van der Waals surface area (Å²) in [6.07, 6.45) is 34.2. The van der Waals surface area contributed by atoms with Crippen LogP contribution in [0.15, 0.2) is 145 Å². The van der Waals surface area contributed by atoms with E-state index >= 15 is 0 Å². The number of piperidine rings is 3. The third kappa shape index (κ3) is 36.5. The second-order valence-electron chi connectivity index (χ2n) is 31.0. The quantitative estimate of drug-likeness (QED) is 0.00496. The van der Waals surface area contributed by atoms with E-state index in [0.29, 0.717) is 81.3 Å². The number of halogens is 9. The number of nitrogens with zero attached hydrogens (tertiary/aromatic N) is 7. The zero-order valence-electron chi connectivity index (χ0n) is 72.9. The van der Waals surface area contributed by atoms with Crippen molar-refractivity contribution in [3.63, 3.8) is 0 Å². The molecule has 0 saturated carbocycles. The van der Waals surface area contributed by atoms with Gasteiger partial charge in [0.25, 0.3) is 0 Å². The van der Waals surface area contributed by atoms with Crippen molar-refractivity contribution in [3.8, 4) is 12.1 Å². The van der Waals surface area contributed by atoms with Crippen molar-refractivity contribution in [2.75, 3.05) is 108 Å². The van der Waals surface area contributed by atoms with E-state index in [-0.39, 0.29) is 165 Å². The second-order valence-corrected chi connectivity index (χ2v) is 33.1. The van der Waals surface area contributed by atoms with E-state index in [9.17, 15) is 49.7 Å². The summed E-state index contributed by atoms with van der Waals surface area (Å²) in [4.78, 5) is 64.0. The zero-order valence-corrected chi connectivity index (χ0v) is 83.0. The molecule has 27 nitrogen and oxygen atoms in total. The smallest absolute Gasteiger partial charge is 0.870 e. The van der Waals surface area contributed by atoms with Gasteiger partial charge in [-0.05, 0) is 198 Å². The molecule has 10 bridgehead atoms. The van der Waals surface area contributed by atoms with E-state index in [2.05, 4.69) is 198 Å². The first-order valence-electron chi connectivity index (χ1n) is 42.3. The predicted molar refractivity (Wildman–Crippen MR) is 493 cm³/mol. The van der Waals surface area contributed by atoms with Crippen LogP contribution in [0.25, 0.3) is 0 Å². The van der Waals surface area contributed by atoms with Gasteiger partial charge in [0.2, 0.25) is 0 Å². The van der Waals surface area contributed by atoms with Crippen LogP contribution >= 0.6 is 72.7 Å². The van der Waals surface area contributed by atoms with E-state index < -0.39 is 11.4 Å². The Morgan fingerprint density at radius 1 is 0.512 bits per heavy atom. The summed E-state index contributed by atoms with van der Waals surface area (Å²) in [5.41, 5.74) is 10.2. The van der Waals surface area contributed by atoms with Gasteiger partial charge in [-0.15, -0.1) is 4.99 Å². The molecule has 11 aliphatic rings. The molecule has 17 atom stereocenters. The summed E-state index contributed by atoms with van der Waals surface area (Å²) in [5.74, 6) is 3.83. The molecule has 0 aromatic heterocycles. The van der Waals surface area contributed by atoms with E-state index in [1.54, 1.807) is 0 Å². The number of nitriles is 2. The molecule has 0 spiro atoms. The van der Waals surface area contributed by atoms with Crippen LogP contribution in [0.2, 0.25) is 0 Å². The summed E-state index contributed by atoms with van der Waals surface area (Å²) in [6.45, 7) is 2.59. The molecule has 39 heteroatoms. The molecule has 10 aliphatic heterocycles. The van der Waals surface area contributed by atoms with Gasteiger partial charge in [-0.1, -0.05) is 135 Å². The Morgan fingerprint density at radius 3 is 1.21 bits per heavy atom. The number of hydrogen-bond donors (Lipinski definition) is 5. The van der Waals surface area contributed by atoms with Crippen LogP contribution in [0.3, 0.4) is 0 Å². The van der Waals surface area contributed by atoms with Crippen molar-refractivity contribution in [1.82, 2.24) is 24.5 Å². The first-order chi connectivity index (χ1) is 60.9. The maximum Gasteiger partial charge on any atom is 1.00 e. The number of benzene rings is 3. The molecule has 14 unspecified atom stereocenters. The Bertz CT molecular complexity index is 3750.